The second-order valence-corrected chi connectivity index (χ2v) is 5.80. The van der Waals surface area contributed by atoms with Crippen LogP contribution in [0.3, 0.4) is 0 Å². The third-order valence-electron chi connectivity index (χ3n) is 3.05. The molecule has 0 aliphatic rings. The molecule has 0 aromatic heterocycles. The summed E-state index contributed by atoms with van der Waals surface area (Å²) in [5, 5.41) is 33.0. The molecule has 0 saturated carbocycles. The largest absolute Gasteiger partial charge is 0.480 e. The van der Waals surface area contributed by atoms with Crippen molar-refractivity contribution in [3.63, 3.8) is 0 Å². The maximum absolute atomic E-state index is 12.0. The molecule has 168 valence electrons. The molecule has 0 spiro atoms. The number of rotatable bonds is 6. The molecule has 8 nitrogen and oxygen atoms in total. The van der Waals surface area contributed by atoms with Crippen LogP contribution < -0.4 is 5.48 Å². The number of benzene rings is 1. The average molecular weight is 435 g/mol. The summed E-state index contributed by atoms with van der Waals surface area (Å²) in [6.45, 7) is 5.25. The van der Waals surface area contributed by atoms with E-state index in [0.717, 1.165) is 24.3 Å². The van der Waals surface area contributed by atoms with Crippen LogP contribution in [0.4, 0.5) is 13.2 Å². The zero-order chi connectivity index (χ0) is 23.9. The number of carboxylic acid groups (broad SMARTS) is 3. The van der Waals surface area contributed by atoms with Crippen LogP contribution in [-0.4, -0.2) is 44.5 Å². The second kappa shape index (κ2) is 14.8. The lowest BCUT2D eigenvalue weighted by molar-refractivity contribution is -0.144. The molecule has 30 heavy (non-hydrogen) atoms. The van der Waals surface area contributed by atoms with Crippen molar-refractivity contribution < 1.29 is 48.1 Å². The van der Waals surface area contributed by atoms with Gasteiger partial charge >= 0.3 is 24.1 Å². The summed E-state index contributed by atoms with van der Waals surface area (Å²) in [6, 6.07) is 2.74. The van der Waals surface area contributed by atoms with Gasteiger partial charge in [-0.1, -0.05) is 38.1 Å². The maximum atomic E-state index is 12.0. The first kappa shape index (κ1) is 29.0. The summed E-state index contributed by atoms with van der Waals surface area (Å²) in [5.41, 5.74) is 0.384. The molecule has 0 heterocycles. The summed E-state index contributed by atoms with van der Waals surface area (Å²) >= 11 is 0. The van der Waals surface area contributed by atoms with Gasteiger partial charge in [0.05, 0.1) is 11.1 Å². The lowest BCUT2D eigenvalue weighted by Crippen LogP contribution is -2.38. The molecule has 0 radical (unpaired) electrons. The van der Waals surface area contributed by atoms with Gasteiger partial charge in [-0.15, -0.1) is 0 Å². The molecule has 1 aromatic carbocycles. The van der Waals surface area contributed by atoms with Crippen molar-refractivity contribution in [1.82, 2.24) is 5.48 Å². The number of hydroxylamine groups is 1. The minimum absolute atomic E-state index is 0.104. The number of alkyl halides is 3. The van der Waals surface area contributed by atoms with E-state index in [4.69, 9.17) is 20.5 Å². The standard InChI is InChI=1S/C8H5F3O2.C6H8O2.C5H11NO3/c9-8(10,11)6-3-1-2-5(4-6)7(12)13;1-2-3-4-5-6(7)8;1-3(2)4(6-9)5(7)8/h1-4H,(H,12,13);2-5H,1H3,(H,7,8);3-4,6,9H,1-2H3,(H,7,8)/b;3-2+,5-4+;. The van der Waals surface area contributed by atoms with Crippen LogP contribution in [0.25, 0.3) is 0 Å². The number of hydrogen-bond acceptors (Lipinski definition) is 5. The summed E-state index contributed by atoms with van der Waals surface area (Å²) in [6.07, 6.45) is 1.49. The van der Waals surface area contributed by atoms with E-state index in [9.17, 15) is 27.6 Å². The molecule has 0 aliphatic carbocycles. The predicted octanol–water partition coefficient (Wildman–Crippen LogP) is 3.68. The minimum atomic E-state index is -4.49. The van der Waals surface area contributed by atoms with Crippen molar-refractivity contribution in [2.45, 2.75) is 33.0 Å². The fraction of sp³-hybridized carbons (Fsp3) is 0.316. The van der Waals surface area contributed by atoms with Crippen molar-refractivity contribution in [3.05, 3.63) is 59.7 Å². The number of allylic oxidation sites excluding steroid dienone is 3. The Hall–Kier alpha value is -3.18. The normalized spacial score (nSPS) is 12.0. The Morgan fingerprint density at radius 2 is 1.63 bits per heavy atom. The van der Waals surface area contributed by atoms with E-state index in [1.54, 1.807) is 31.5 Å². The zero-order valence-electron chi connectivity index (χ0n) is 16.4. The highest BCUT2D eigenvalue weighted by atomic mass is 19.4. The van der Waals surface area contributed by atoms with Crippen LogP contribution in [0.15, 0.2) is 48.6 Å². The summed E-state index contributed by atoms with van der Waals surface area (Å²) in [5.74, 6) is -3.42. The number of hydrogen-bond donors (Lipinski definition) is 5. The Morgan fingerprint density at radius 3 is 1.93 bits per heavy atom. The van der Waals surface area contributed by atoms with Gasteiger partial charge in [0.2, 0.25) is 0 Å². The fourth-order valence-corrected chi connectivity index (χ4v) is 1.57. The van der Waals surface area contributed by atoms with Crippen LogP contribution in [0.5, 0.6) is 0 Å². The van der Waals surface area contributed by atoms with Crippen LogP contribution in [0.2, 0.25) is 0 Å². The van der Waals surface area contributed by atoms with Gasteiger partial charge < -0.3 is 20.5 Å². The molecule has 0 fully saturated rings. The molecule has 5 N–H and O–H groups in total. The first-order chi connectivity index (χ1) is 13.8. The van der Waals surface area contributed by atoms with Gasteiger partial charge in [0, 0.05) is 6.08 Å². The zero-order valence-corrected chi connectivity index (χ0v) is 16.4. The maximum Gasteiger partial charge on any atom is 0.416 e. The average Bonchev–Trinajstić information content (AvgIpc) is 2.62. The van der Waals surface area contributed by atoms with E-state index >= 15 is 0 Å². The number of halogens is 3. The number of aliphatic carboxylic acids is 2. The van der Waals surface area contributed by atoms with Gasteiger partial charge in [-0.05, 0) is 31.0 Å². The Bertz CT molecular complexity index is 744. The Morgan fingerprint density at radius 1 is 1.07 bits per heavy atom. The molecular weight excluding hydrogens is 411 g/mol. The van der Waals surface area contributed by atoms with Crippen LogP contribution in [0.1, 0.15) is 36.7 Å². The van der Waals surface area contributed by atoms with Crippen molar-refractivity contribution in [1.29, 1.82) is 0 Å². The van der Waals surface area contributed by atoms with Gasteiger partial charge in [-0.25, -0.2) is 9.59 Å². The van der Waals surface area contributed by atoms with E-state index in [1.807, 2.05) is 6.92 Å². The molecule has 11 heteroatoms. The SMILES string of the molecule is C/C=C/C=C/C(=O)O.CC(C)C(NO)C(=O)O.O=C(O)c1cccc(C(F)(F)F)c1. The molecule has 1 atom stereocenters. The monoisotopic (exact) mass is 435 g/mol. The Kier molecular flexibility index (Phi) is 14.3. The number of aromatic carboxylic acids is 1. The van der Waals surface area contributed by atoms with E-state index in [2.05, 4.69) is 0 Å². The predicted molar refractivity (Wildman–Crippen MR) is 101 cm³/mol. The molecule has 0 bridgehead atoms. The molecule has 0 saturated heterocycles. The minimum Gasteiger partial charge on any atom is -0.480 e. The first-order valence-corrected chi connectivity index (χ1v) is 8.33. The van der Waals surface area contributed by atoms with Crippen LogP contribution in [-0.2, 0) is 15.8 Å². The molecule has 0 aliphatic heterocycles. The van der Waals surface area contributed by atoms with Gasteiger partial charge in [-0.3, -0.25) is 4.79 Å². The Labute approximate surface area is 170 Å². The number of carboxylic acids is 3. The summed E-state index contributed by atoms with van der Waals surface area (Å²) < 4.78 is 36.1. The quantitative estimate of drug-likeness (QED) is 0.259. The smallest absolute Gasteiger partial charge is 0.416 e. The summed E-state index contributed by atoms with van der Waals surface area (Å²) in [7, 11) is 0. The van der Waals surface area contributed by atoms with Crippen molar-refractivity contribution in [2.75, 3.05) is 0 Å². The van der Waals surface area contributed by atoms with E-state index < -0.39 is 35.7 Å². The highest BCUT2D eigenvalue weighted by Crippen LogP contribution is 2.29. The molecule has 0 amide bonds. The Balaban J connectivity index is 0. The third kappa shape index (κ3) is 13.9. The van der Waals surface area contributed by atoms with Gasteiger partial charge in [0.1, 0.15) is 6.04 Å². The molecule has 1 aromatic rings. The van der Waals surface area contributed by atoms with Crippen LogP contribution in [0, 0.1) is 5.92 Å². The van der Waals surface area contributed by atoms with Gasteiger partial charge in [0.25, 0.3) is 0 Å². The van der Waals surface area contributed by atoms with E-state index in [1.165, 1.54) is 6.08 Å². The molecular formula is C19H24F3NO7. The number of carbonyl (C=O) groups is 3. The lowest BCUT2D eigenvalue weighted by atomic mass is 10.1. The van der Waals surface area contributed by atoms with Crippen molar-refractivity contribution in [3.8, 4) is 0 Å². The third-order valence-corrected chi connectivity index (χ3v) is 3.05. The fourth-order valence-electron chi connectivity index (χ4n) is 1.57. The first-order valence-electron chi connectivity index (χ1n) is 8.33. The highest BCUT2D eigenvalue weighted by Gasteiger charge is 2.30. The molecule has 1 rings (SSSR count). The van der Waals surface area contributed by atoms with E-state index in [-0.39, 0.29) is 11.5 Å². The highest BCUT2D eigenvalue weighted by molar-refractivity contribution is 5.87. The van der Waals surface area contributed by atoms with Crippen molar-refractivity contribution >= 4 is 17.9 Å². The summed E-state index contributed by atoms with van der Waals surface area (Å²) in [4.78, 5) is 30.2. The topological polar surface area (TPSA) is 144 Å². The lowest BCUT2D eigenvalue weighted by Gasteiger charge is -2.12. The second-order valence-electron chi connectivity index (χ2n) is 5.80. The number of nitrogens with one attached hydrogen (secondary N) is 1. The van der Waals surface area contributed by atoms with Crippen LogP contribution >= 0.6 is 0 Å². The van der Waals surface area contributed by atoms with Crippen molar-refractivity contribution in [2.24, 2.45) is 5.92 Å². The van der Waals surface area contributed by atoms with E-state index in [0.29, 0.717) is 6.07 Å². The van der Waals surface area contributed by atoms with Gasteiger partial charge in [0.15, 0.2) is 0 Å². The molecule has 1 unspecified atom stereocenters. The van der Waals surface area contributed by atoms with Gasteiger partial charge in [-0.2, -0.15) is 18.7 Å².